The molecule has 0 saturated carbocycles. The molecule has 5 heteroatoms. The van der Waals surface area contributed by atoms with E-state index in [1.807, 2.05) is 13.0 Å². The Labute approximate surface area is 92.8 Å². The van der Waals surface area contributed by atoms with Crippen LogP contribution in [0.2, 0.25) is 0 Å². The minimum atomic E-state index is -1.04. The van der Waals surface area contributed by atoms with Gasteiger partial charge in [-0.2, -0.15) is 0 Å². The van der Waals surface area contributed by atoms with Gasteiger partial charge in [0.2, 0.25) is 0 Å². The van der Waals surface area contributed by atoms with Crippen LogP contribution in [0.5, 0.6) is 0 Å². The number of aryl methyl sites for hydroxylation is 1. The molecule has 0 aromatic carbocycles. The van der Waals surface area contributed by atoms with E-state index in [9.17, 15) is 4.79 Å². The first-order valence-corrected chi connectivity index (χ1v) is 4.96. The van der Waals surface area contributed by atoms with Crippen LogP contribution in [0.15, 0.2) is 18.6 Å². The number of carboxylic acid groups (broad SMARTS) is 1. The van der Waals surface area contributed by atoms with E-state index in [2.05, 4.69) is 9.97 Å². The second kappa shape index (κ2) is 3.30. The summed E-state index contributed by atoms with van der Waals surface area (Å²) in [6.07, 6.45) is 3.23. The second-order valence-corrected chi connectivity index (χ2v) is 4.33. The molecule has 2 aromatic rings. The number of carboxylic acids is 1. The molecule has 1 N–H and O–H groups in total. The lowest BCUT2D eigenvalue weighted by Gasteiger charge is -2.21. The molecule has 5 nitrogen and oxygen atoms in total. The van der Waals surface area contributed by atoms with Crippen molar-refractivity contribution in [3.05, 3.63) is 24.2 Å². The van der Waals surface area contributed by atoms with Gasteiger partial charge in [0.1, 0.15) is 11.1 Å². The smallest absolute Gasteiger partial charge is 0.329 e. The topological polar surface area (TPSA) is 68.0 Å². The van der Waals surface area contributed by atoms with Gasteiger partial charge in [0, 0.05) is 6.20 Å². The largest absolute Gasteiger partial charge is 0.480 e. The van der Waals surface area contributed by atoms with Crippen molar-refractivity contribution in [3.63, 3.8) is 0 Å². The molecular weight excluding hydrogens is 206 g/mol. The Kier molecular flexibility index (Phi) is 2.18. The predicted octanol–water partition coefficient (Wildman–Crippen LogP) is 1.56. The first kappa shape index (κ1) is 10.6. The molecule has 16 heavy (non-hydrogen) atoms. The molecule has 0 fully saturated rings. The van der Waals surface area contributed by atoms with E-state index in [-0.39, 0.29) is 0 Å². The molecule has 0 bridgehead atoms. The number of rotatable bonds is 2. The predicted molar refractivity (Wildman–Crippen MR) is 59.2 cm³/mol. The number of carbonyl (C=O) groups is 1. The van der Waals surface area contributed by atoms with Gasteiger partial charge in [-0.3, -0.25) is 4.57 Å². The summed E-state index contributed by atoms with van der Waals surface area (Å²) in [6.45, 7) is 5.17. The number of imidazole rings is 1. The Morgan fingerprint density at radius 3 is 2.75 bits per heavy atom. The maximum Gasteiger partial charge on any atom is 0.329 e. The van der Waals surface area contributed by atoms with Crippen LogP contribution in [0, 0.1) is 6.92 Å². The Hall–Kier alpha value is -1.91. The van der Waals surface area contributed by atoms with E-state index in [4.69, 9.17) is 5.11 Å². The summed E-state index contributed by atoms with van der Waals surface area (Å²) in [5, 5.41) is 9.15. The Balaban J connectivity index is 2.67. The summed E-state index contributed by atoms with van der Waals surface area (Å²) in [7, 11) is 0. The van der Waals surface area contributed by atoms with Gasteiger partial charge in [0.05, 0.1) is 6.33 Å². The van der Waals surface area contributed by atoms with Crippen molar-refractivity contribution in [2.75, 3.05) is 0 Å². The fourth-order valence-corrected chi connectivity index (χ4v) is 1.51. The van der Waals surface area contributed by atoms with Gasteiger partial charge < -0.3 is 5.11 Å². The fourth-order valence-electron chi connectivity index (χ4n) is 1.51. The molecule has 0 aliphatic rings. The summed E-state index contributed by atoms with van der Waals surface area (Å²) < 4.78 is 1.57. The third-order valence-corrected chi connectivity index (χ3v) is 2.65. The van der Waals surface area contributed by atoms with Crippen molar-refractivity contribution >= 4 is 17.1 Å². The third kappa shape index (κ3) is 1.44. The first-order valence-electron chi connectivity index (χ1n) is 4.96. The normalized spacial score (nSPS) is 11.9. The van der Waals surface area contributed by atoms with Crippen molar-refractivity contribution in [1.82, 2.24) is 14.5 Å². The monoisotopic (exact) mass is 219 g/mol. The molecule has 0 aliphatic carbocycles. The van der Waals surface area contributed by atoms with Crippen molar-refractivity contribution in [1.29, 1.82) is 0 Å². The van der Waals surface area contributed by atoms with Crippen LogP contribution in [-0.2, 0) is 10.3 Å². The van der Waals surface area contributed by atoms with Crippen LogP contribution in [0.3, 0.4) is 0 Å². The third-order valence-electron chi connectivity index (χ3n) is 2.65. The molecule has 0 aliphatic heterocycles. The highest BCUT2D eigenvalue weighted by Crippen LogP contribution is 2.21. The number of pyridine rings is 1. The number of hydrogen-bond acceptors (Lipinski definition) is 3. The highest BCUT2D eigenvalue weighted by Gasteiger charge is 2.31. The standard InChI is InChI=1S/C11H13N3O2/c1-7-4-8-9(12-5-7)14(6-13-8)11(2,3)10(15)16/h4-6H,1-3H3,(H,15,16). The van der Waals surface area contributed by atoms with E-state index >= 15 is 0 Å². The van der Waals surface area contributed by atoms with Gasteiger partial charge >= 0.3 is 5.97 Å². The van der Waals surface area contributed by atoms with Gasteiger partial charge in [0.15, 0.2) is 5.65 Å². The Morgan fingerprint density at radius 2 is 2.12 bits per heavy atom. The second-order valence-electron chi connectivity index (χ2n) is 4.33. The lowest BCUT2D eigenvalue weighted by molar-refractivity contribution is -0.145. The molecule has 2 heterocycles. The minimum Gasteiger partial charge on any atom is -0.480 e. The van der Waals surface area contributed by atoms with Crippen LogP contribution < -0.4 is 0 Å². The summed E-state index contributed by atoms with van der Waals surface area (Å²) in [6, 6.07) is 1.89. The fraction of sp³-hybridized carbons (Fsp3) is 0.364. The highest BCUT2D eigenvalue weighted by atomic mass is 16.4. The first-order chi connectivity index (χ1) is 7.43. The van der Waals surface area contributed by atoms with Gasteiger partial charge in [0.25, 0.3) is 0 Å². The molecular formula is C11H13N3O2. The summed E-state index contributed by atoms with van der Waals surface area (Å²) in [5.41, 5.74) is 1.27. The van der Waals surface area contributed by atoms with Gasteiger partial charge in [-0.25, -0.2) is 14.8 Å². The molecule has 0 amide bonds. The maximum absolute atomic E-state index is 11.2. The summed E-state index contributed by atoms with van der Waals surface area (Å²) >= 11 is 0. The molecule has 0 atom stereocenters. The van der Waals surface area contributed by atoms with E-state index < -0.39 is 11.5 Å². The van der Waals surface area contributed by atoms with Crippen molar-refractivity contribution in [3.8, 4) is 0 Å². The zero-order chi connectivity index (χ0) is 11.9. The molecule has 84 valence electrons. The van der Waals surface area contributed by atoms with Crippen LogP contribution in [-0.4, -0.2) is 25.6 Å². The Bertz CT molecular complexity index is 557. The Morgan fingerprint density at radius 1 is 1.44 bits per heavy atom. The number of aromatic nitrogens is 3. The average molecular weight is 219 g/mol. The summed E-state index contributed by atoms with van der Waals surface area (Å²) in [4.78, 5) is 19.5. The average Bonchev–Trinajstić information content (AvgIpc) is 2.60. The van der Waals surface area contributed by atoms with Crippen LogP contribution >= 0.6 is 0 Å². The molecule has 0 unspecified atom stereocenters. The van der Waals surface area contributed by atoms with E-state index in [0.29, 0.717) is 11.2 Å². The van der Waals surface area contributed by atoms with Gasteiger partial charge in [-0.15, -0.1) is 0 Å². The number of hydrogen-bond donors (Lipinski definition) is 1. The lowest BCUT2D eigenvalue weighted by atomic mass is 10.1. The number of nitrogens with zero attached hydrogens (tertiary/aromatic N) is 3. The minimum absolute atomic E-state index is 0.595. The molecule has 0 spiro atoms. The van der Waals surface area contributed by atoms with Crippen molar-refractivity contribution in [2.45, 2.75) is 26.3 Å². The zero-order valence-electron chi connectivity index (χ0n) is 9.43. The zero-order valence-corrected chi connectivity index (χ0v) is 9.43. The SMILES string of the molecule is Cc1cnc2c(c1)ncn2C(C)(C)C(=O)O. The van der Waals surface area contributed by atoms with Gasteiger partial charge in [-0.05, 0) is 32.4 Å². The van der Waals surface area contributed by atoms with Gasteiger partial charge in [-0.1, -0.05) is 0 Å². The highest BCUT2D eigenvalue weighted by molar-refractivity contribution is 5.80. The number of aliphatic carboxylic acids is 1. The lowest BCUT2D eigenvalue weighted by Crippen LogP contribution is -2.35. The molecule has 0 saturated heterocycles. The van der Waals surface area contributed by atoms with Crippen LogP contribution in [0.1, 0.15) is 19.4 Å². The van der Waals surface area contributed by atoms with E-state index in [1.54, 1.807) is 24.6 Å². The van der Waals surface area contributed by atoms with Crippen LogP contribution in [0.4, 0.5) is 0 Å². The maximum atomic E-state index is 11.2. The quantitative estimate of drug-likeness (QED) is 0.832. The number of fused-ring (bicyclic) bond motifs is 1. The molecule has 2 rings (SSSR count). The van der Waals surface area contributed by atoms with Crippen molar-refractivity contribution in [2.24, 2.45) is 0 Å². The van der Waals surface area contributed by atoms with E-state index in [1.165, 1.54) is 6.33 Å². The molecule has 0 radical (unpaired) electrons. The molecule has 2 aromatic heterocycles. The van der Waals surface area contributed by atoms with Crippen LogP contribution in [0.25, 0.3) is 11.2 Å². The van der Waals surface area contributed by atoms with E-state index in [0.717, 1.165) is 5.56 Å². The summed E-state index contributed by atoms with van der Waals surface area (Å²) in [5.74, 6) is -0.908. The van der Waals surface area contributed by atoms with Crippen molar-refractivity contribution < 1.29 is 9.90 Å².